The van der Waals surface area contributed by atoms with Gasteiger partial charge in [0.1, 0.15) is 6.54 Å². The van der Waals surface area contributed by atoms with E-state index >= 15 is 0 Å². The van der Waals surface area contributed by atoms with Crippen LogP contribution in [-0.2, 0) is 16.1 Å². The maximum absolute atomic E-state index is 11.5. The van der Waals surface area contributed by atoms with Crippen LogP contribution in [0.2, 0.25) is 0 Å². The van der Waals surface area contributed by atoms with Gasteiger partial charge in [-0.3, -0.25) is 9.48 Å². The molecule has 0 unspecified atom stereocenters. The van der Waals surface area contributed by atoms with Crippen LogP contribution in [0.15, 0.2) is 12.4 Å². The molecule has 2 heterocycles. The summed E-state index contributed by atoms with van der Waals surface area (Å²) in [6.45, 7) is 3.98. The Morgan fingerprint density at radius 2 is 2.22 bits per heavy atom. The molecule has 100 valence electrons. The number of nitrogens with two attached hydrogens (primary N) is 1. The molecular weight excluding hydrogens is 232 g/mol. The topological polar surface area (TPSA) is 73.4 Å². The van der Waals surface area contributed by atoms with E-state index < -0.39 is 0 Å². The van der Waals surface area contributed by atoms with Gasteiger partial charge in [-0.25, -0.2) is 0 Å². The molecule has 0 bridgehead atoms. The Labute approximate surface area is 107 Å². The van der Waals surface area contributed by atoms with Gasteiger partial charge in [0.2, 0.25) is 0 Å². The monoisotopic (exact) mass is 252 g/mol. The lowest BCUT2D eigenvalue weighted by Crippen LogP contribution is -2.22. The highest BCUT2D eigenvalue weighted by Gasteiger charge is 2.11. The van der Waals surface area contributed by atoms with Crippen molar-refractivity contribution in [1.29, 1.82) is 0 Å². The van der Waals surface area contributed by atoms with Crippen LogP contribution < -0.4 is 5.73 Å². The first-order valence-electron chi connectivity index (χ1n) is 6.40. The number of esters is 1. The summed E-state index contributed by atoms with van der Waals surface area (Å²) in [5, 5.41) is 3.93. The van der Waals surface area contributed by atoms with Crippen molar-refractivity contribution in [2.45, 2.75) is 25.8 Å². The van der Waals surface area contributed by atoms with Gasteiger partial charge in [0.25, 0.3) is 0 Å². The molecule has 1 aromatic heterocycles. The third-order valence-corrected chi connectivity index (χ3v) is 3.02. The summed E-state index contributed by atoms with van der Waals surface area (Å²) < 4.78 is 6.63. The molecule has 1 aliphatic rings. The predicted molar refractivity (Wildman–Crippen MR) is 67.9 cm³/mol. The Hall–Kier alpha value is -1.56. The van der Waals surface area contributed by atoms with E-state index in [4.69, 9.17) is 10.5 Å². The number of nitrogen functional groups attached to an aromatic ring is 1. The normalized spacial score (nSPS) is 16.0. The fraction of sp³-hybridized carbons (Fsp3) is 0.667. The van der Waals surface area contributed by atoms with Crippen LogP contribution in [0.3, 0.4) is 0 Å². The van der Waals surface area contributed by atoms with Crippen LogP contribution >= 0.6 is 0 Å². The molecule has 0 aliphatic carbocycles. The highest BCUT2D eigenvalue weighted by molar-refractivity contribution is 5.69. The van der Waals surface area contributed by atoms with E-state index in [1.165, 1.54) is 36.8 Å². The first-order valence-corrected chi connectivity index (χ1v) is 6.40. The minimum Gasteiger partial charge on any atom is -0.464 e. The zero-order chi connectivity index (χ0) is 12.8. The maximum Gasteiger partial charge on any atom is 0.327 e. The minimum atomic E-state index is -0.264. The van der Waals surface area contributed by atoms with Crippen LogP contribution in [0.4, 0.5) is 5.69 Å². The summed E-state index contributed by atoms with van der Waals surface area (Å²) in [7, 11) is 0. The number of nitrogens with zero attached hydrogens (tertiary/aromatic N) is 3. The summed E-state index contributed by atoms with van der Waals surface area (Å²) in [4.78, 5) is 13.9. The summed E-state index contributed by atoms with van der Waals surface area (Å²) >= 11 is 0. The average molecular weight is 252 g/mol. The van der Waals surface area contributed by atoms with Crippen molar-refractivity contribution in [2.24, 2.45) is 0 Å². The zero-order valence-electron chi connectivity index (χ0n) is 10.5. The summed E-state index contributed by atoms with van der Waals surface area (Å²) in [6, 6.07) is 0. The molecule has 6 nitrogen and oxygen atoms in total. The second-order valence-corrected chi connectivity index (χ2v) is 4.59. The van der Waals surface area contributed by atoms with Gasteiger partial charge in [-0.05, 0) is 32.4 Å². The van der Waals surface area contributed by atoms with Gasteiger partial charge in [0.15, 0.2) is 0 Å². The van der Waals surface area contributed by atoms with Gasteiger partial charge >= 0.3 is 5.97 Å². The smallest absolute Gasteiger partial charge is 0.327 e. The predicted octanol–water partition coefficient (Wildman–Crippen LogP) is 0.494. The van der Waals surface area contributed by atoms with E-state index in [-0.39, 0.29) is 12.5 Å². The first-order chi connectivity index (χ1) is 8.74. The molecule has 0 radical (unpaired) electrons. The van der Waals surface area contributed by atoms with Crippen LogP contribution in [0.25, 0.3) is 0 Å². The SMILES string of the molecule is Nc1cnn(CC(=O)OCCCN2CCCC2)c1. The third kappa shape index (κ3) is 4.03. The lowest BCUT2D eigenvalue weighted by molar-refractivity contribution is -0.144. The summed E-state index contributed by atoms with van der Waals surface area (Å²) in [6.07, 6.45) is 6.61. The van der Waals surface area contributed by atoms with Gasteiger partial charge in [-0.2, -0.15) is 5.10 Å². The molecule has 1 fully saturated rings. The lowest BCUT2D eigenvalue weighted by Gasteiger charge is -2.13. The first kappa shape index (κ1) is 12.9. The number of hydrogen-bond donors (Lipinski definition) is 1. The van der Waals surface area contributed by atoms with Crippen LogP contribution in [-0.4, -0.2) is 46.9 Å². The molecule has 0 amide bonds. The molecule has 2 N–H and O–H groups in total. The molecule has 0 spiro atoms. The number of carbonyl (C=O) groups excluding carboxylic acids is 1. The van der Waals surface area contributed by atoms with Crippen molar-refractivity contribution in [3.05, 3.63) is 12.4 Å². The van der Waals surface area contributed by atoms with E-state index in [0.717, 1.165) is 13.0 Å². The highest BCUT2D eigenvalue weighted by Crippen LogP contribution is 2.07. The number of aromatic nitrogens is 2. The average Bonchev–Trinajstić information content (AvgIpc) is 2.96. The second kappa shape index (κ2) is 6.39. The van der Waals surface area contributed by atoms with Crippen molar-refractivity contribution in [3.8, 4) is 0 Å². The van der Waals surface area contributed by atoms with Crippen LogP contribution in [0.5, 0.6) is 0 Å². The Morgan fingerprint density at radius 1 is 1.44 bits per heavy atom. The lowest BCUT2D eigenvalue weighted by atomic mass is 10.4. The van der Waals surface area contributed by atoms with Gasteiger partial charge in [-0.15, -0.1) is 0 Å². The fourth-order valence-electron chi connectivity index (χ4n) is 2.12. The Balaban J connectivity index is 1.57. The number of ether oxygens (including phenoxy) is 1. The van der Waals surface area contributed by atoms with Gasteiger partial charge in [0, 0.05) is 12.7 Å². The Bertz CT molecular complexity index is 385. The maximum atomic E-state index is 11.5. The molecule has 2 rings (SSSR count). The van der Waals surface area contributed by atoms with Gasteiger partial charge in [0.05, 0.1) is 18.5 Å². The van der Waals surface area contributed by atoms with Crippen molar-refractivity contribution in [1.82, 2.24) is 14.7 Å². The van der Waals surface area contributed by atoms with E-state index in [9.17, 15) is 4.79 Å². The Morgan fingerprint density at radius 3 is 2.89 bits per heavy atom. The van der Waals surface area contributed by atoms with Crippen LogP contribution in [0, 0.1) is 0 Å². The Kier molecular flexibility index (Phi) is 4.58. The quantitative estimate of drug-likeness (QED) is 0.589. The number of hydrogen-bond acceptors (Lipinski definition) is 5. The number of carbonyl (C=O) groups is 1. The second-order valence-electron chi connectivity index (χ2n) is 4.59. The van der Waals surface area contributed by atoms with E-state index in [1.807, 2.05) is 0 Å². The summed E-state index contributed by atoms with van der Waals surface area (Å²) in [5.74, 6) is -0.264. The number of rotatable bonds is 6. The molecule has 6 heteroatoms. The molecule has 0 saturated carbocycles. The molecule has 18 heavy (non-hydrogen) atoms. The zero-order valence-corrected chi connectivity index (χ0v) is 10.5. The van der Waals surface area contributed by atoms with E-state index in [1.54, 1.807) is 6.20 Å². The number of anilines is 1. The van der Waals surface area contributed by atoms with Crippen LogP contribution in [0.1, 0.15) is 19.3 Å². The number of likely N-dealkylation sites (tertiary alicyclic amines) is 1. The molecule has 0 atom stereocenters. The minimum absolute atomic E-state index is 0.126. The molecule has 1 aromatic rings. The van der Waals surface area contributed by atoms with Crippen molar-refractivity contribution in [3.63, 3.8) is 0 Å². The van der Waals surface area contributed by atoms with Crippen molar-refractivity contribution in [2.75, 3.05) is 32.0 Å². The summed E-state index contributed by atoms with van der Waals surface area (Å²) in [5.41, 5.74) is 6.06. The molecular formula is C12H20N4O2. The largest absolute Gasteiger partial charge is 0.464 e. The standard InChI is InChI=1S/C12H20N4O2/c13-11-8-14-16(9-11)10-12(17)18-7-3-6-15-4-1-2-5-15/h8-9H,1-7,10,13H2. The highest BCUT2D eigenvalue weighted by atomic mass is 16.5. The van der Waals surface area contributed by atoms with E-state index in [2.05, 4.69) is 10.00 Å². The third-order valence-electron chi connectivity index (χ3n) is 3.02. The molecule has 0 aromatic carbocycles. The van der Waals surface area contributed by atoms with Gasteiger partial charge in [-0.1, -0.05) is 0 Å². The molecule has 1 aliphatic heterocycles. The van der Waals surface area contributed by atoms with E-state index in [0.29, 0.717) is 12.3 Å². The van der Waals surface area contributed by atoms with Crippen molar-refractivity contribution < 1.29 is 9.53 Å². The van der Waals surface area contributed by atoms with Gasteiger partial charge < -0.3 is 15.4 Å². The molecule has 1 saturated heterocycles. The fourth-order valence-corrected chi connectivity index (χ4v) is 2.12. The van der Waals surface area contributed by atoms with Crippen molar-refractivity contribution >= 4 is 11.7 Å².